The number of hydroxylamine groups is 1. The lowest BCUT2D eigenvalue weighted by molar-refractivity contribution is 0.0705. The first-order valence-corrected chi connectivity index (χ1v) is 11.3. The second-order valence-electron chi connectivity index (χ2n) is 8.10. The van der Waals surface area contributed by atoms with Gasteiger partial charge in [-0.2, -0.15) is 5.06 Å². The van der Waals surface area contributed by atoms with Crippen LogP contribution < -0.4 is 9.96 Å². The van der Waals surface area contributed by atoms with E-state index in [1.165, 1.54) is 7.11 Å². The number of ether oxygens (including phenoxy) is 2. The van der Waals surface area contributed by atoms with Crippen LogP contribution in [0.5, 0.6) is 0 Å². The molecule has 2 aromatic heterocycles. The summed E-state index contributed by atoms with van der Waals surface area (Å²) >= 11 is 0. The largest absolute Gasteiger partial charge is 0.445 e. The first kappa shape index (κ1) is 23.0. The number of rotatable bonds is 7. The van der Waals surface area contributed by atoms with Gasteiger partial charge in [0.05, 0.1) is 37.2 Å². The molecule has 0 radical (unpaired) electrons. The molecule has 9 nitrogen and oxygen atoms in total. The Morgan fingerprint density at radius 1 is 1.24 bits per heavy atom. The zero-order valence-corrected chi connectivity index (χ0v) is 19.7. The van der Waals surface area contributed by atoms with Gasteiger partial charge in [0.1, 0.15) is 11.8 Å². The Bertz CT molecular complexity index is 1090. The van der Waals surface area contributed by atoms with Crippen molar-refractivity contribution in [3.63, 3.8) is 0 Å². The molecule has 1 aromatic carbocycles. The number of carbonyl (C=O) groups is 1. The lowest BCUT2D eigenvalue weighted by Crippen LogP contribution is -2.37. The number of morpholine rings is 1. The third-order valence-corrected chi connectivity index (χ3v) is 5.73. The maximum atomic E-state index is 12.6. The highest BCUT2D eigenvalue weighted by Gasteiger charge is 2.23. The van der Waals surface area contributed by atoms with Crippen molar-refractivity contribution in [3.05, 3.63) is 42.4 Å². The molecule has 9 heteroatoms. The molecule has 1 fully saturated rings. The van der Waals surface area contributed by atoms with Crippen molar-refractivity contribution in [1.82, 2.24) is 14.4 Å². The highest BCUT2D eigenvalue weighted by molar-refractivity contribution is 5.87. The summed E-state index contributed by atoms with van der Waals surface area (Å²) in [5.41, 5.74) is 4.22. The van der Waals surface area contributed by atoms with Crippen LogP contribution in [0.4, 0.5) is 16.4 Å². The number of hydrogen-bond donors (Lipinski definition) is 0. The standard InChI is InChI=1S/C24H31N5O4/c1-5-6-17(2)33-24(30)29(31-4)20-9-7-19(8-10-20)21-22-18(3)25-11-12-28(22)23(26-21)27-13-15-32-16-14-27/h7-12,17H,5-6,13-16H2,1-4H3. The molecule has 3 heterocycles. The molecule has 4 rings (SSSR count). The molecule has 1 atom stereocenters. The fourth-order valence-corrected chi connectivity index (χ4v) is 4.09. The number of hydrogen-bond acceptors (Lipinski definition) is 7. The van der Waals surface area contributed by atoms with Gasteiger partial charge >= 0.3 is 6.09 Å². The summed E-state index contributed by atoms with van der Waals surface area (Å²) in [6.45, 7) is 8.87. The zero-order chi connectivity index (χ0) is 23.4. The van der Waals surface area contributed by atoms with Crippen LogP contribution in [0.1, 0.15) is 32.4 Å². The molecule has 1 amide bonds. The molecule has 176 valence electrons. The number of imidazole rings is 1. The lowest BCUT2D eigenvalue weighted by atomic mass is 10.1. The summed E-state index contributed by atoms with van der Waals surface area (Å²) in [6, 6.07) is 7.52. The van der Waals surface area contributed by atoms with E-state index in [1.54, 1.807) is 6.20 Å². The minimum Gasteiger partial charge on any atom is -0.445 e. The van der Waals surface area contributed by atoms with E-state index >= 15 is 0 Å². The number of aryl methyl sites for hydroxylation is 1. The maximum absolute atomic E-state index is 12.6. The molecule has 0 bridgehead atoms. The second-order valence-corrected chi connectivity index (χ2v) is 8.10. The van der Waals surface area contributed by atoms with Gasteiger partial charge in [-0.05, 0) is 32.4 Å². The van der Waals surface area contributed by atoms with Crippen molar-refractivity contribution < 1.29 is 19.1 Å². The molecule has 1 saturated heterocycles. The Morgan fingerprint density at radius 3 is 2.64 bits per heavy atom. The fourth-order valence-electron chi connectivity index (χ4n) is 4.09. The van der Waals surface area contributed by atoms with Crippen LogP contribution in [0.15, 0.2) is 36.7 Å². The average Bonchev–Trinajstić information content (AvgIpc) is 3.22. The summed E-state index contributed by atoms with van der Waals surface area (Å²) in [4.78, 5) is 29.6. The molecular weight excluding hydrogens is 422 g/mol. The fraction of sp³-hybridized carbons (Fsp3) is 0.458. The van der Waals surface area contributed by atoms with Gasteiger partial charge in [0.15, 0.2) is 0 Å². The molecule has 1 aliphatic rings. The molecule has 0 spiro atoms. The van der Waals surface area contributed by atoms with Gasteiger partial charge < -0.3 is 14.4 Å². The number of fused-ring (bicyclic) bond motifs is 1. The van der Waals surface area contributed by atoms with Gasteiger partial charge in [0.2, 0.25) is 5.95 Å². The number of amides is 1. The number of anilines is 2. The number of nitrogens with zero attached hydrogens (tertiary/aromatic N) is 5. The van der Waals surface area contributed by atoms with Crippen molar-refractivity contribution in [2.45, 2.75) is 39.7 Å². The Labute approximate surface area is 193 Å². The minimum absolute atomic E-state index is 0.176. The Morgan fingerprint density at radius 2 is 1.97 bits per heavy atom. The minimum atomic E-state index is -0.534. The summed E-state index contributed by atoms with van der Waals surface area (Å²) in [7, 11) is 1.45. The van der Waals surface area contributed by atoms with Crippen LogP contribution in [-0.4, -0.2) is 60.0 Å². The van der Waals surface area contributed by atoms with E-state index in [-0.39, 0.29) is 6.10 Å². The van der Waals surface area contributed by atoms with Crippen molar-refractivity contribution in [1.29, 1.82) is 0 Å². The molecule has 0 aliphatic carbocycles. The van der Waals surface area contributed by atoms with Gasteiger partial charge in [0, 0.05) is 31.0 Å². The van der Waals surface area contributed by atoms with Gasteiger partial charge in [-0.15, -0.1) is 0 Å². The van der Waals surface area contributed by atoms with Crippen LogP contribution in [0.3, 0.4) is 0 Å². The van der Waals surface area contributed by atoms with E-state index in [4.69, 9.17) is 19.3 Å². The molecule has 0 N–H and O–H groups in total. The maximum Gasteiger partial charge on any atom is 0.439 e. The normalized spacial score (nSPS) is 15.0. The summed E-state index contributed by atoms with van der Waals surface area (Å²) in [6.07, 6.45) is 4.77. The first-order valence-electron chi connectivity index (χ1n) is 11.3. The quantitative estimate of drug-likeness (QED) is 0.495. The Hall–Kier alpha value is -3.17. The molecule has 33 heavy (non-hydrogen) atoms. The number of carbonyl (C=O) groups excluding carboxylic acids is 1. The predicted octanol–water partition coefficient (Wildman–Crippen LogP) is 4.23. The highest BCUT2D eigenvalue weighted by atomic mass is 16.7. The Balaban J connectivity index is 1.65. The van der Waals surface area contributed by atoms with E-state index in [2.05, 4.69) is 21.2 Å². The van der Waals surface area contributed by atoms with Crippen molar-refractivity contribution in [2.75, 3.05) is 43.4 Å². The van der Waals surface area contributed by atoms with E-state index < -0.39 is 6.09 Å². The van der Waals surface area contributed by atoms with Crippen molar-refractivity contribution >= 4 is 23.2 Å². The molecular formula is C24H31N5O4. The second kappa shape index (κ2) is 10.2. The van der Waals surface area contributed by atoms with Crippen LogP contribution in [0.2, 0.25) is 0 Å². The smallest absolute Gasteiger partial charge is 0.439 e. The van der Waals surface area contributed by atoms with Crippen molar-refractivity contribution in [2.24, 2.45) is 0 Å². The van der Waals surface area contributed by atoms with Crippen LogP contribution in [0.25, 0.3) is 16.8 Å². The molecule has 1 aliphatic heterocycles. The van der Waals surface area contributed by atoms with Gasteiger partial charge in [-0.25, -0.2) is 9.78 Å². The third kappa shape index (κ3) is 4.79. The van der Waals surface area contributed by atoms with Gasteiger partial charge in [-0.1, -0.05) is 25.5 Å². The summed E-state index contributed by atoms with van der Waals surface area (Å²) < 4.78 is 13.1. The van der Waals surface area contributed by atoms with Crippen molar-refractivity contribution in [3.8, 4) is 11.3 Å². The zero-order valence-electron chi connectivity index (χ0n) is 19.7. The van der Waals surface area contributed by atoms with E-state index in [1.807, 2.05) is 44.3 Å². The SMILES string of the molecule is CCCC(C)OC(=O)N(OC)c1ccc(-c2nc(N3CCOCC3)n3ccnc(C)c23)cc1. The number of benzene rings is 1. The topological polar surface area (TPSA) is 81.4 Å². The molecule has 1 unspecified atom stereocenters. The predicted molar refractivity (Wildman–Crippen MR) is 127 cm³/mol. The third-order valence-electron chi connectivity index (χ3n) is 5.73. The van der Waals surface area contributed by atoms with Gasteiger partial charge in [-0.3, -0.25) is 14.2 Å². The average molecular weight is 454 g/mol. The number of aromatic nitrogens is 3. The molecule has 0 saturated carbocycles. The first-order chi connectivity index (χ1) is 16.0. The summed E-state index contributed by atoms with van der Waals surface area (Å²) in [5.74, 6) is 0.880. The van der Waals surface area contributed by atoms with Crippen LogP contribution >= 0.6 is 0 Å². The van der Waals surface area contributed by atoms with E-state index in [0.717, 1.165) is 59.4 Å². The highest BCUT2D eigenvalue weighted by Crippen LogP contribution is 2.31. The Kier molecular flexibility index (Phi) is 7.10. The summed E-state index contributed by atoms with van der Waals surface area (Å²) in [5, 5.41) is 1.16. The van der Waals surface area contributed by atoms with E-state index in [0.29, 0.717) is 18.9 Å². The molecule has 3 aromatic rings. The van der Waals surface area contributed by atoms with Crippen LogP contribution in [0, 0.1) is 6.92 Å². The van der Waals surface area contributed by atoms with E-state index in [9.17, 15) is 4.79 Å². The monoisotopic (exact) mass is 453 g/mol. The van der Waals surface area contributed by atoms with Gasteiger partial charge in [0.25, 0.3) is 0 Å². The van der Waals surface area contributed by atoms with Crippen LogP contribution in [-0.2, 0) is 14.3 Å². The lowest BCUT2D eigenvalue weighted by Gasteiger charge is -2.27.